The van der Waals surface area contributed by atoms with Gasteiger partial charge in [-0.2, -0.15) is 18.4 Å². The normalized spacial score (nSPS) is 12.7. The summed E-state index contributed by atoms with van der Waals surface area (Å²) in [5.41, 5.74) is 2.45. The van der Waals surface area contributed by atoms with Gasteiger partial charge in [0, 0.05) is 11.3 Å². The lowest BCUT2D eigenvalue weighted by Gasteiger charge is -2.19. The maximum absolute atomic E-state index is 12.6. The van der Waals surface area contributed by atoms with E-state index < -0.39 is 11.7 Å². The summed E-state index contributed by atoms with van der Waals surface area (Å²) >= 11 is 5.41. The molecule has 1 aromatic carbocycles. The predicted molar refractivity (Wildman–Crippen MR) is 91.5 cm³/mol. The van der Waals surface area contributed by atoms with Crippen LogP contribution < -0.4 is 4.90 Å². The molecule has 0 amide bonds. The Labute approximate surface area is 149 Å². The van der Waals surface area contributed by atoms with Crippen LogP contribution in [0.4, 0.5) is 13.2 Å². The second-order valence-corrected chi connectivity index (χ2v) is 6.56. The number of nitrogens with one attached hydrogen (secondary N) is 1. The minimum atomic E-state index is -4.32. The molecule has 0 saturated carbocycles. The highest BCUT2D eigenvalue weighted by atomic mass is 32.1. The molecule has 1 N–H and O–H groups in total. The first kappa shape index (κ1) is 19.2. The van der Waals surface area contributed by atoms with Crippen LogP contribution in [0.25, 0.3) is 0 Å². The Hall–Kier alpha value is -2.17. The van der Waals surface area contributed by atoms with Gasteiger partial charge in [0.15, 0.2) is 6.67 Å². The second kappa shape index (κ2) is 7.38. The van der Waals surface area contributed by atoms with Crippen LogP contribution >= 0.6 is 12.2 Å². The number of quaternary nitrogens is 1. The number of benzene rings is 1. The molecule has 3 nitrogen and oxygen atoms in total. The molecule has 1 atom stereocenters. The number of rotatable bonds is 4. The molecule has 0 aliphatic rings. The number of aryl methyl sites for hydroxylation is 2. The molecule has 0 radical (unpaired) electrons. The summed E-state index contributed by atoms with van der Waals surface area (Å²) in [6, 6.07) is 9.23. The quantitative estimate of drug-likeness (QED) is 0.842. The van der Waals surface area contributed by atoms with Crippen LogP contribution in [0.15, 0.2) is 30.3 Å². The monoisotopic (exact) mass is 366 g/mol. The number of aromatic nitrogens is 1. The smallest absolute Gasteiger partial charge is 0.316 e. The molecule has 132 valence electrons. The summed E-state index contributed by atoms with van der Waals surface area (Å²) in [6.45, 7) is 4.86. The number of hydrogen-bond acceptors (Lipinski definition) is 2. The first-order chi connectivity index (χ1) is 11.6. The highest BCUT2D eigenvalue weighted by Crippen LogP contribution is 2.28. The van der Waals surface area contributed by atoms with E-state index >= 15 is 0 Å². The topological polar surface area (TPSA) is 33.2 Å². The Morgan fingerprint density at radius 2 is 1.80 bits per heavy atom. The summed E-state index contributed by atoms with van der Waals surface area (Å²) in [5.74, 6) is 0. The fraction of sp³-hybridized carbons (Fsp3) is 0.333. The van der Waals surface area contributed by atoms with Gasteiger partial charge in [0.25, 0.3) is 0 Å². The van der Waals surface area contributed by atoms with Crippen molar-refractivity contribution in [3.05, 3.63) is 62.9 Å². The lowest BCUT2D eigenvalue weighted by molar-refractivity contribution is -0.917. The second-order valence-electron chi connectivity index (χ2n) is 6.18. The number of alkyl halides is 3. The van der Waals surface area contributed by atoms with E-state index in [4.69, 9.17) is 12.2 Å². The van der Waals surface area contributed by atoms with Crippen molar-refractivity contribution >= 4 is 12.2 Å². The molecule has 25 heavy (non-hydrogen) atoms. The van der Waals surface area contributed by atoms with Crippen LogP contribution in [0.5, 0.6) is 0 Å². The zero-order chi connectivity index (χ0) is 18.8. The van der Waals surface area contributed by atoms with Crippen molar-refractivity contribution in [2.24, 2.45) is 0 Å². The van der Waals surface area contributed by atoms with Crippen LogP contribution in [0.3, 0.4) is 0 Å². The highest BCUT2D eigenvalue weighted by molar-refractivity contribution is 7.71. The number of hydrogen-bond donors (Lipinski definition) is 1. The van der Waals surface area contributed by atoms with Gasteiger partial charge in [0.2, 0.25) is 0 Å². The maximum atomic E-state index is 12.6. The third-order valence-electron chi connectivity index (χ3n) is 4.03. The Bertz CT molecular complexity index is 861. The molecule has 0 bridgehead atoms. The summed E-state index contributed by atoms with van der Waals surface area (Å²) in [4.78, 5) is 1.05. The van der Waals surface area contributed by atoms with E-state index in [1.165, 1.54) is 12.1 Å². The van der Waals surface area contributed by atoms with E-state index in [1.807, 2.05) is 31.5 Å². The van der Waals surface area contributed by atoms with E-state index in [0.29, 0.717) is 23.4 Å². The highest BCUT2D eigenvalue weighted by Gasteiger charge is 2.30. The van der Waals surface area contributed by atoms with Gasteiger partial charge >= 0.3 is 6.18 Å². The lowest BCUT2D eigenvalue weighted by Crippen LogP contribution is -3.07. The van der Waals surface area contributed by atoms with E-state index in [2.05, 4.69) is 6.07 Å². The molecule has 0 spiro atoms. The van der Waals surface area contributed by atoms with E-state index in [9.17, 15) is 18.4 Å². The molecule has 1 aromatic heterocycles. The largest absolute Gasteiger partial charge is 0.416 e. The van der Waals surface area contributed by atoms with Crippen LogP contribution in [0.1, 0.15) is 27.9 Å². The lowest BCUT2D eigenvalue weighted by atomic mass is 10.1. The molecule has 2 rings (SSSR count). The van der Waals surface area contributed by atoms with Gasteiger partial charge in [0.1, 0.15) is 17.3 Å². The fourth-order valence-corrected chi connectivity index (χ4v) is 3.16. The summed E-state index contributed by atoms with van der Waals surface area (Å²) in [7, 11) is 1.94. The van der Waals surface area contributed by atoms with E-state index in [0.717, 1.165) is 33.9 Å². The van der Waals surface area contributed by atoms with Crippen LogP contribution in [0.2, 0.25) is 0 Å². The van der Waals surface area contributed by atoms with Gasteiger partial charge < -0.3 is 4.90 Å². The van der Waals surface area contributed by atoms with Crippen LogP contribution in [-0.4, -0.2) is 11.6 Å². The molecule has 0 aliphatic heterocycles. The Morgan fingerprint density at radius 1 is 1.20 bits per heavy atom. The van der Waals surface area contributed by atoms with Crippen molar-refractivity contribution in [2.45, 2.75) is 33.2 Å². The zero-order valence-electron chi connectivity index (χ0n) is 14.2. The van der Waals surface area contributed by atoms with E-state index in [-0.39, 0.29) is 0 Å². The van der Waals surface area contributed by atoms with Gasteiger partial charge in [-0.3, -0.25) is 4.57 Å². The average Bonchev–Trinajstić information content (AvgIpc) is 2.51. The standard InChI is InChI=1S/C18H18F3N3S/c1-12-8-13(2)24(17(25)16(12)9-22)11-23(3)10-14-4-6-15(7-5-14)18(19,20)21/h4-8H,10-11H2,1-3H3/p+1. The van der Waals surface area contributed by atoms with Gasteiger partial charge in [-0.1, -0.05) is 24.4 Å². The van der Waals surface area contributed by atoms with Crippen molar-refractivity contribution in [1.82, 2.24) is 4.57 Å². The molecule has 1 heterocycles. The number of halogens is 3. The van der Waals surface area contributed by atoms with Crippen molar-refractivity contribution in [3.8, 4) is 6.07 Å². The number of nitriles is 1. The van der Waals surface area contributed by atoms with Gasteiger partial charge in [0.05, 0.1) is 18.2 Å². The van der Waals surface area contributed by atoms with Crippen molar-refractivity contribution in [1.29, 1.82) is 5.26 Å². The SMILES string of the molecule is Cc1cc(C)n(C[NH+](C)Cc2ccc(C(F)(F)F)cc2)c(=S)c1C#N. The molecule has 0 saturated heterocycles. The van der Waals surface area contributed by atoms with Crippen molar-refractivity contribution in [2.75, 3.05) is 7.05 Å². The Kier molecular flexibility index (Phi) is 5.65. The first-order valence-electron chi connectivity index (χ1n) is 7.72. The average molecular weight is 366 g/mol. The molecule has 1 unspecified atom stereocenters. The summed E-state index contributed by atoms with van der Waals surface area (Å²) in [5, 5.41) is 9.25. The van der Waals surface area contributed by atoms with E-state index in [1.54, 1.807) is 0 Å². The summed E-state index contributed by atoms with van der Waals surface area (Å²) in [6.07, 6.45) is -4.32. The van der Waals surface area contributed by atoms with Gasteiger partial charge in [-0.05, 0) is 37.6 Å². The molecule has 0 aliphatic carbocycles. The summed E-state index contributed by atoms with van der Waals surface area (Å²) < 4.78 is 40.2. The van der Waals surface area contributed by atoms with Crippen LogP contribution in [0, 0.1) is 29.8 Å². The minimum Gasteiger partial charge on any atom is -0.316 e. The molecule has 0 fully saturated rings. The molecular formula is C18H19F3N3S+. The molecular weight excluding hydrogens is 347 g/mol. The van der Waals surface area contributed by atoms with Crippen molar-refractivity contribution in [3.63, 3.8) is 0 Å². The number of nitrogens with zero attached hydrogens (tertiary/aromatic N) is 2. The first-order valence-corrected chi connectivity index (χ1v) is 8.13. The zero-order valence-corrected chi connectivity index (χ0v) is 15.1. The Balaban J connectivity index is 2.17. The third-order valence-corrected chi connectivity index (χ3v) is 4.46. The fourth-order valence-electron chi connectivity index (χ4n) is 2.75. The van der Waals surface area contributed by atoms with Crippen molar-refractivity contribution < 1.29 is 18.1 Å². The van der Waals surface area contributed by atoms with Crippen LogP contribution in [-0.2, 0) is 19.4 Å². The molecule has 7 heteroatoms. The number of pyridine rings is 1. The molecule has 2 aromatic rings. The van der Waals surface area contributed by atoms with Gasteiger partial charge in [-0.25, -0.2) is 0 Å². The third kappa shape index (κ3) is 4.47. The maximum Gasteiger partial charge on any atom is 0.416 e. The predicted octanol–water partition coefficient (Wildman–Crippen LogP) is 3.40. The Morgan fingerprint density at radius 3 is 2.32 bits per heavy atom. The minimum absolute atomic E-state index is 0.489. The van der Waals surface area contributed by atoms with Gasteiger partial charge in [-0.15, -0.1) is 0 Å².